The first-order valence-corrected chi connectivity index (χ1v) is 5.18. The van der Waals surface area contributed by atoms with Crippen LogP contribution in [0.5, 0.6) is 0 Å². The number of halogens is 4. The van der Waals surface area contributed by atoms with Crippen molar-refractivity contribution >= 4 is 17.7 Å². The van der Waals surface area contributed by atoms with Crippen LogP contribution in [0, 0.1) is 17.1 Å². The zero-order chi connectivity index (χ0) is 13.9. The molecule has 0 amide bonds. The van der Waals surface area contributed by atoms with E-state index in [9.17, 15) is 22.4 Å². The van der Waals surface area contributed by atoms with Gasteiger partial charge in [0.25, 0.3) is 0 Å². The Morgan fingerprint density at radius 2 is 2.06 bits per heavy atom. The molecule has 1 aromatic carbocycles. The summed E-state index contributed by atoms with van der Waals surface area (Å²) in [6.45, 7) is 0. The Morgan fingerprint density at radius 3 is 2.50 bits per heavy atom. The monoisotopic (exact) mass is 279 g/mol. The van der Waals surface area contributed by atoms with E-state index in [2.05, 4.69) is 4.74 Å². The highest BCUT2D eigenvalue weighted by molar-refractivity contribution is 8.00. The van der Waals surface area contributed by atoms with E-state index in [4.69, 9.17) is 5.26 Å². The molecule has 0 aromatic heterocycles. The summed E-state index contributed by atoms with van der Waals surface area (Å²) in [7, 11) is 0.959. The zero-order valence-corrected chi connectivity index (χ0v) is 9.66. The molecule has 0 fully saturated rings. The smallest absolute Gasteiger partial charge is 0.446 e. The average molecular weight is 279 g/mol. The van der Waals surface area contributed by atoms with Crippen LogP contribution >= 0.6 is 11.8 Å². The summed E-state index contributed by atoms with van der Waals surface area (Å²) in [6, 6.07) is 2.62. The number of nitriles is 1. The molecule has 0 bridgehead atoms. The molecule has 0 saturated heterocycles. The van der Waals surface area contributed by atoms with Crippen molar-refractivity contribution in [3.8, 4) is 6.07 Å². The number of methoxy groups -OCH3 is 1. The van der Waals surface area contributed by atoms with Gasteiger partial charge in [-0.15, -0.1) is 0 Å². The number of alkyl halides is 3. The Balaban J connectivity index is 3.36. The second-order valence-electron chi connectivity index (χ2n) is 2.98. The lowest BCUT2D eigenvalue weighted by molar-refractivity contribution is -0.0328. The van der Waals surface area contributed by atoms with Gasteiger partial charge in [0.15, 0.2) is 0 Å². The van der Waals surface area contributed by atoms with Gasteiger partial charge in [-0.3, -0.25) is 0 Å². The molecule has 0 heterocycles. The van der Waals surface area contributed by atoms with E-state index in [-0.39, 0.29) is 0 Å². The SMILES string of the molecule is COC(=O)c1cc(F)c(C#N)cc1SC(F)(F)F. The van der Waals surface area contributed by atoms with Crippen molar-refractivity contribution in [1.82, 2.24) is 0 Å². The van der Waals surface area contributed by atoms with Crippen molar-refractivity contribution in [2.75, 3.05) is 7.11 Å². The first kappa shape index (κ1) is 14.3. The molecule has 1 rings (SSSR count). The summed E-state index contributed by atoms with van der Waals surface area (Å²) in [6.07, 6.45) is 0. The molecule has 8 heteroatoms. The summed E-state index contributed by atoms with van der Waals surface area (Å²) in [4.78, 5) is 10.6. The minimum absolute atomic E-state index is 0.554. The van der Waals surface area contributed by atoms with E-state index in [1.807, 2.05) is 0 Å². The van der Waals surface area contributed by atoms with E-state index >= 15 is 0 Å². The number of nitrogens with zero attached hydrogens (tertiary/aromatic N) is 1. The molecule has 0 aliphatic rings. The first-order valence-electron chi connectivity index (χ1n) is 4.36. The Kier molecular flexibility index (Phi) is 4.19. The van der Waals surface area contributed by atoms with Crippen molar-refractivity contribution in [2.24, 2.45) is 0 Å². The van der Waals surface area contributed by atoms with Crippen molar-refractivity contribution in [1.29, 1.82) is 5.26 Å². The van der Waals surface area contributed by atoms with Gasteiger partial charge in [0, 0.05) is 4.90 Å². The highest BCUT2D eigenvalue weighted by Gasteiger charge is 2.32. The van der Waals surface area contributed by atoms with Gasteiger partial charge >= 0.3 is 11.5 Å². The molecule has 0 aliphatic carbocycles. The molecule has 18 heavy (non-hydrogen) atoms. The number of hydrogen-bond donors (Lipinski definition) is 0. The number of carbonyl (C=O) groups excluding carboxylic acids is 1. The van der Waals surface area contributed by atoms with E-state index in [0.29, 0.717) is 12.1 Å². The van der Waals surface area contributed by atoms with Crippen LogP contribution in [0.15, 0.2) is 17.0 Å². The highest BCUT2D eigenvalue weighted by Crippen LogP contribution is 2.39. The number of benzene rings is 1. The van der Waals surface area contributed by atoms with Crippen molar-refractivity contribution in [3.63, 3.8) is 0 Å². The normalized spacial score (nSPS) is 10.9. The molecule has 96 valence electrons. The molecular weight excluding hydrogens is 274 g/mol. The second kappa shape index (κ2) is 5.27. The van der Waals surface area contributed by atoms with Gasteiger partial charge in [0.1, 0.15) is 11.9 Å². The van der Waals surface area contributed by atoms with Crippen LogP contribution in [0.25, 0.3) is 0 Å². The Morgan fingerprint density at radius 1 is 1.44 bits per heavy atom. The molecule has 0 saturated carbocycles. The maximum Gasteiger partial charge on any atom is 0.446 e. The molecule has 0 spiro atoms. The molecule has 0 aliphatic heterocycles. The number of carbonyl (C=O) groups is 1. The standard InChI is InChI=1S/C10H5F4NO2S/c1-17-9(16)6-3-7(11)5(4-15)2-8(6)18-10(12,13)14/h2-3H,1H3. The first-order chi connectivity index (χ1) is 8.28. The highest BCUT2D eigenvalue weighted by atomic mass is 32.2. The summed E-state index contributed by atoms with van der Waals surface area (Å²) >= 11 is -0.609. The summed E-state index contributed by atoms with van der Waals surface area (Å²) < 4.78 is 54.3. The lowest BCUT2D eigenvalue weighted by Gasteiger charge is -2.10. The predicted octanol–water partition coefficient (Wildman–Crippen LogP) is 3.10. The van der Waals surface area contributed by atoms with Crippen LogP contribution in [0.4, 0.5) is 17.6 Å². The van der Waals surface area contributed by atoms with E-state index < -0.39 is 45.1 Å². The van der Waals surface area contributed by atoms with Crippen LogP contribution in [0.2, 0.25) is 0 Å². The molecule has 3 nitrogen and oxygen atoms in total. The number of thioether (sulfide) groups is 1. The lowest BCUT2D eigenvalue weighted by atomic mass is 10.1. The van der Waals surface area contributed by atoms with Crippen LogP contribution in [-0.2, 0) is 4.74 Å². The number of esters is 1. The zero-order valence-electron chi connectivity index (χ0n) is 8.84. The largest absolute Gasteiger partial charge is 0.465 e. The summed E-state index contributed by atoms with van der Waals surface area (Å²) in [5, 5.41) is 8.53. The Hall–Kier alpha value is -1.75. The topological polar surface area (TPSA) is 50.1 Å². The maximum absolute atomic E-state index is 13.2. The number of rotatable bonds is 2. The summed E-state index contributed by atoms with van der Waals surface area (Å²) in [5.41, 5.74) is -5.81. The van der Waals surface area contributed by atoms with Crippen LogP contribution in [-0.4, -0.2) is 18.6 Å². The van der Waals surface area contributed by atoms with Gasteiger partial charge in [0.05, 0.1) is 18.2 Å². The van der Waals surface area contributed by atoms with Gasteiger partial charge < -0.3 is 4.74 Å². The Labute approximate surface area is 103 Å². The van der Waals surface area contributed by atoms with Crippen molar-refractivity contribution in [2.45, 2.75) is 10.4 Å². The molecule has 0 radical (unpaired) electrons. The fraction of sp³-hybridized carbons (Fsp3) is 0.200. The fourth-order valence-electron chi connectivity index (χ4n) is 1.12. The predicted molar refractivity (Wildman–Crippen MR) is 54.4 cm³/mol. The van der Waals surface area contributed by atoms with Crippen LogP contribution in [0.3, 0.4) is 0 Å². The van der Waals surface area contributed by atoms with Gasteiger partial charge in [-0.1, -0.05) is 0 Å². The van der Waals surface area contributed by atoms with Gasteiger partial charge in [-0.05, 0) is 23.9 Å². The van der Waals surface area contributed by atoms with E-state index in [0.717, 1.165) is 7.11 Å². The summed E-state index contributed by atoms with van der Waals surface area (Å²) in [5.74, 6) is -2.19. The quantitative estimate of drug-likeness (QED) is 0.474. The molecule has 1 aromatic rings. The van der Waals surface area contributed by atoms with Crippen molar-refractivity contribution in [3.05, 3.63) is 29.1 Å². The second-order valence-corrected chi connectivity index (χ2v) is 4.09. The van der Waals surface area contributed by atoms with Crippen LogP contribution in [0.1, 0.15) is 15.9 Å². The van der Waals surface area contributed by atoms with Crippen LogP contribution < -0.4 is 0 Å². The number of hydrogen-bond acceptors (Lipinski definition) is 4. The third kappa shape index (κ3) is 3.37. The molecule has 0 N–H and O–H groups in total. The number of ether oxygens (including phenoxy) is 1. The lowest BCUT2D eigenvalue weighted by Crippen LogP contribution is -2.08. The van der Waals surface area contributed by atoms with Gasteiger partial charge in [0.2, 0.25) is 0 Å². The van der Waals surface area contributed by atoms with E-state index in [1.165, 1.54) is 6.07 Å². The minimum atomic E-state index is -4.66. The Bertz CT molecular complexity index is 522. The van der Waals surface area contributed by atoms with E-state index in [1.54, 1.807) is 0 Å². The molecule has 0 unspecified atom stereocenters. The third-order valence-electron chi connectivity index (χ3n) is 1.82. The fourth-order valence-corrected chi connectivity index (χ4v) is 1.80. The molecular formula is C10H5F4NO2S. The maximum atomic E-state index is 13.2. The minimum Gasteiger partial charge on any atom is -0.465 e. The van der Waals surface area contributed by atoms with Crippen molar-refractivity contribution < 1.29 is 27.1 Å². The van der Waals surface area contributed by atoms with Gasteiger partial charge in [-0.2, -0.15) is 18.4 Å². The van der Waals surface area contributed by atoms with Gasteiger partial charge in [-0.25, -0.2) is 9.18 Å². The molecule has 0 atom stereocenters. The average Bonchev–Trinajstić information content (AvgIpc) is 2.28. The third-order valence-corrected chi connectivity index (χ3v) is 2.61.